The van der Waals surface area contributed by atoms with Crippen molar-refractivity contribution in [3.8, 4) is 5.88 Å². The summed E-state index contributed by atoms with van der Waals surface area (Å²) < 4.78 is 1.79. The lowest BCUT2D eigenvalue weighted by molar-refractivity contribution is -0.129. The fraction of sp³-hybridized carbons (Fsp3) is 0.211. The van der Waals surface area contributed by atoms with Crippen molar-refractivity contribution in [1.29, 1.82) is 0 Å². The number of aromatic nitrogens is 1. The standard InChI is InChI=1S/C19H20N2O3/c22-18(20-24)9-8-16-11-13-21(19(16)23)12-10-15-6-3-5-14-4-1-2-7-17(14)15/h1-7,11,13,23-24H,8-10,12H2,(H,20,22). The molecular weight excluding hydrogens is 304 g/mol. The maximum absolute atomic E-state index is 11.1. The Morgan fingerprint density at radius 2 is 1.79 bits per heavy atom. The minimum absolute atomic E-state index is 0.136. The van der Waals surface area contributed by atoms with Crippen LogP contribution in [0.25, 0.3) is 10.8 Å². The maximum atomic E-state index is 11.1. The molecule has 0 spiro atoms. The molecule has 124 valence electrons. The summed E-state index contributed by atoms with van der Waals surface area (Å²) in [5, 5.41) is 21.2. The highest BCUT2D eigenvalue weighted by Crippen LogP contribution is 2.23. The molecule has 1 amide bonds. The van der Waals surface area contributed by atoms with Crippen LogP contribution in [-0.2, 0) is 24.2 Å². The van der Waals surface area contributed by atoms with Crippen LogP contribution in [0.5, 0.6) is 5.88 Å². The summed E-state index contributed by atoms with van der Waals surface area (Å²) in [7, 11) is 0. The summed E-state index contributed by atoms with van der Waals surface area (Å²) in [6.07, 6.45) is 3.16. The molecule has 0 fully saturated rings. The van der Waals surface area contributed by atoms with Gasteiger partial charge in [0.1, 0.15) is 0 Å². The zero-order valence-corrected chi connectivity index (χ0v) is 13.3. The smallest absolute Gasteiger partial charge is 0.243 e. The first-order valence-corrected chi connectivity index (χ1v) is 7.95. The van der Waals surface area contributed by atoms with E-state index in [9.17, 15) is 9.90 Å². The molecule has 0 radical (unpaired) electrons. The molecule has 5 nitrogen and oxygen atoms in total. The van der Waals surface area contributed by atoms with Gasteiger partial charge in [0.05, 0.1) is 0 Å². The minimum Gasteiger partial charge on any atom is -0.494 e. The Labute approximate surface area is 140 Å². The van der Waals surface area contributed by atoms with Crippen molar-refractivity contribution in [2.24, 2.45) is 0 Å². The largest absolute Gasteiger partial charge is 0.494 e. The van der Waals surface area contributed by atoms with Crippen molar-refractivity contribution < 1.29 is 15.1 Å². The minimum atomic E-state index is -0.460. The number of nitrogens with zero attached hydrogens (tertiary/aromatic N) is 1. The number of nitrogens with one attached hydrogen (secondary N) is 1. The van der Waals surface area contributed by atoms with E-state index < -0.39 is 5.91 Å². The van der Waals surface area contributed by atoms with Gasteiger partial charge in [0.2, 0.25) is 5.91 Å². The molecule has 1 aromatic heterocycles. The molecule has 3 aromatic rings. The molecule has 2 aromatic carbocycles. The van der Waals surface area contributed by atoms with Crippen LogP contribution in [-0.4, -0.2) is 20.8 Å². The highest BCUT2D eigenvalue weighted by atomic mass is 16.5. The average Bonchev–Trinajstić information content (AvgIpc) is 2.97. The quantitative estimate of drug-likeness (QED) is 0.482. The molecular formula is C19H20N2O3. The van der Waals surface area contributed by atoms with E-state index in [-0.39, 0.29) is 12.3 Å². The molecule has 0 saturated carbocycles. The normalized spacial score (nSPS) is 10.9. The topological polar surface area (TPSA) is 74.5 Å². The lowest BCUT2D eigenvalue weighted by Gasteiger charge is -2.09. The first-order valence-electron chi connectivity index (χ1n) is 7.95. The van der Waals surface area contributed by atoms with Gasteiger partial charge in [-0.2, -0.15) is 0 Å². The predicted octanol–water partition coefficient (Wildman–Crippen LogP) is 3.03. The SMILES string of the molecule is O=C(CCc1ccn(CCc2cccc3ccccc23)c1O)NO. The number of fused-ring (bicyclic) bond motifs is 1. The maximum Gasteiger partial charge on any atom is 0.243 e. The van der Waals surface area contributed by atoms with Crippen molar-refractivity contribution in [3.63, 3.8) is 0 Å². The first kappa shape index (κ1) is 16.1. The second kappa shape index (κ2) is 7.19. The van der Waals surface area contributed by atoms with Crippen molar-refractivity contribution in [2.45, 2.75) is 25.8 Å². The molecule has 0 unspecified atom stereocenters. The molecule has 24 heavy (non-hydrogen) atoms. The van der Waals surface area contributed by atoms with E-state index in [1.165, 1.54) is 16.3 Å². The van der Waals surface area contributed by atoms with E-state index in [0.717, 1.165) is 6.42 Å². The Morgan fingerprint density at radius 3 is 2.62 bits per heavy atom. The van der Waals surface area contributed by atoms with Crippen LogP contribution in [0.1, 0.15) is 17.5 Å². The number of aromatic hydroxyl groups is 1. The van der Waals surface area contributed by atoms with Crippen LogP contribution in [0.3, 0.4) is 0 Å². The number of hydrogen-bond acceptors (Lipinski definition) is 3. The number of benzene rings is 2. The number of carbonyl (C=O) groups is 1. The van der Waals surface area contributed by atoms with Gasteiger partial charge in [-0.1, -0.05) is 42.5 Å². The highest BCUT2D eigenvalue weighted by molar-refractivity contribution is 5.85. The zero-order valence-electron chi connectivity index (χ0n) is 13.3. The average molecular weight is 324 g/mol. The third-order valence-corrected chi connectivity index (χ3v) is 4.26. The Bertz CT molecular complexity index is 849. The number of rotatable bonds is 6. The highest BCUT2D eigenvalue weighted by Gasteiger charge is 2.10. The van der Waals surface area contributed by atoms with Gasteiger partial charge in [-0.15, -0.1) is 0 Å². The fourth-order valence-corrected chi connectivity index (χ4v) is 2.94. The van der Waals surface area contributed by atoms with E-state index in [2.05, 4.69) is 24.3 Å². The molecule has 3 N–H and O–H groups in total. The molecule has 0 atom stereocenters. The Morgan fingerprint density at radius 1 is 1.00 bits per heavy atom. The van der Waals surface area contributed by atoms with Crippen LogP contribution in [0.15, 0.2) is 54.7 Å². The first-order chi connectivity index (χ1) is 11.7. The number of aryl methyl sites for hydroxylation is 3. The van der Waals surface area contributed by atoms with Gasteiger partial charge < -0.3 is 9.67 Å². The van der Waals surface area contributed by atoms with Gasteiger partial charge >= 0.3 is 0 Å². The molecule has 3 rings (SSSR count). The number of carbonyl (C=O) groups excluding carboxylic acids is 1. The summed E-state index contributed by atoms with van der Waals surface area (Å²) in [5.41, 5.74) is 3.54. The molecule has 0 bridgehead atoms. The van der Waals surface area contributed by atoms with Crippen LogP contribution in [0, 0.1) is 0 Å². The van der Waals surface area contributed by atoms with Gasteiger partial charge in [-0.25, -0.2) is 5.48 Å². The Hall–Kier alpha value is -2.79. The van der Waals surface area contributed by atoms with Gasteiger partial charge in [0, 0.05) is 24.7 Å². The zero-order chi connectivity index (χ0) is 16.9. The van der Waals surface area contributed by atoms with Crippen LogP contribution in [0.4, 0.5) is 0 Å². The molecule has 0 saturated heterocycles. The summed E-state index contributed by atoms with van der Waals surface area (Å²) >= 11 is 0. The van der Waals surface area contributed by atoms with Crippen molar-refractivity contribution in [3.05, 3.63) is 65.9 Å². The molecule has 1 heterocycles. The van der Waals surface area contributed by atoms with E-state index in [4.69, 9.17) is 5.21 Å². The van der Waals surface area contributed by atoms with Crippen molar-refractivity contribution in [1.82, 2.24) is 10.0 Å². The van der Waals surface area contributed by atoms with Gasteiger partial charge in [0.25, 0.3) is 0 Å². The summed E-state index contributed by atoms with van der Waals surface area (Å²) in [6, 6.07) is 16.3. The molecule has 5 heteroatoms. The third kappa shape index (κ3) is 3.41. The van der Waals surface area contributed by atoms with E-state index in [1.807, 2.05) is 30.5 Å². The van der Waals surface area contributed by atoms with Gasteiger partial charge in [0.15, 0.2) is 5.88 Å². The summed E-state index contributed by atoms with van der Waals surface area (Å²) in [4.78, 5) is 11.1. The Kier molecular flexibility index (Phi) is 4.82. The predicted molar refractivity (Wildman–Crippen MR) is 92.0 cm³/mol. The van der Waals surface area contributed by atoms with Crippen molar-refractivity contribution in [2.75, 3.05) is 0 Å². The number of amides is 1. The number of hydroxylamine groups is 1. The monoisotopic (exact) mass is 324 g/mol. The lowest BCUT2D eigenvalue weighted by atomic mass is 10.0. The second-order valence-electron chi connectivity index (χ2n) is 5.78. The van der Waals surface area contributed by atoms with Crippen molar-refractivity contribution >= 4 is 16.7 Å². The molecule has 0 aliphatic carbocycles. The van der Waals surface area contributed by atoms with Crippen LogP contribution >= 0.6 is 0 Å². The third-order valence-electron chi connectivity index (χ3n) is 4.26. The van der Waals surface area contributed by atoms with E-state index in [1.54, 1.807) is 10.0 Å². The lowest BCUT2D eigenvalue weighted by Crippen LogP contribution is -2.18. The van der Waals surface area contributed by atoms with Gasteiger partial charge in [-0.3, -0.25) is 10.0 Å². The van der Waals surface area contributed by atoms with Crippen LogP contribution in [0.2, 0.25) is 0 Å². The fourth-order valence-electron chi connectivity index (χ4n) is 2.94. The second-order valence-corrected chi connectivity index (χ2v) is 5.78. The van der Waals surface area contributed by atoms with Gasteiger partial charge in [-0.05, 0) is 35.2 Å². The summed E-state index contributed by atoms with van der Waals surface area (Å²) in [6.45, 7) is 0.659. The summed E-state index contributed by atoms with van der Waals surface area (Å²) in [5.74, 6) is -0.279. The Balaban J connectivity index is 1.70. The van der Waals surface area contributed by atoms with Crippen LogP contribution < -0.4 is 5.48 Å². The van der Waals surface area contributed by atoms with E-state index in [0.29, 0.717) is 18.5 Å². The van der Waals surface area contributed by atoms with E-state index >= 15 is 0 Å². The molecule has 0 aliphatic rings. The molecule has 0 aliphatic heterocycles. The number of hydrogen-bond donors (Lipinski definition) is 3.